The van der Waals surface area contributed by atoms with Crippen molar-refractivity contribution < 1.29 is 14.3 Å². The highest BCUT2D eigenvalue weighted by molar-refractivity contribution is 5.87. The molecule has 0 aromatic rings. The highest BCUT2D eigenvalue weighted by atomic mass is 16.7. The molecule has 1 aliphatic carbocycles. The van der Waals surface area contributed by atoms with Gasteiger partial charge in [0.15, 0.2) is 11.6 Å². The summed E-state index contributed by atoms with van der Waals surface area (Å²) < 4.78 is 12.1. The summed E-state index contributed by atoms with van der Waals surface area (Å²) >= 11 is 0. The van der Waals surface area contributed by atoms with E-state index in [4.69, 9.17) is 9.47 Å². The van der Waals surface area contributed by atoms with Gasteiger partial charge < -0.3 is 9.47 Å². The fraction of sp³-hybridized carbons (Fsp3) is 0.812. The Morgan fingerprint density at radius 2 is 1.95 bits per heavy atom. The molecule has 3 nitrogen and oxygen atoms in total. The molecule has 108 valence electrons. The Balaban J connectivity index is 2.17. The number of unbranched alkanes of at least 4 members (excludes halogenated alkanes) is 1. The molecule has 1 heterocycles. The summed E-state index contributed by atoms with van der Waals surface area (Å²) in [6.07, 6.45) is 9.36. The summed E-state index contributed by atoms with van der Waals surface area (Å²) in [4.78, 5) is 11.2. The molecule has 0 radical (unpaired) electrons. The van der Waals surface area contributed by atoms with Gasteiger partial charge in [-0.3, -0.25) is 4.79 Å². The average molecular weight is 266 g/mol. The Morgan fingerprint density at radius 3 is 2.42 bits per heavy atom. The van der Waals surface area contributed by atoms with E-state index in [0.717, 1.165) is 19.3 Å². The number of rotatable bonds is 7. The quantitative estimate of drug-likeness (QED) is 0.662. The van der Waals surface area contributed by atoms with E-state index in [-0.39, 0.29) is 11.2 Å². The van der Waals surface area contributed by atoms with Crippen molar-refractivity contribution in [2.24, 2.45) is 11.3 Å². The lowest BCUT2D eigenvalue weighted by Crippen LogP contribution is -2.46. The molecule has 0 amide bonds. The number of ether oxygens (including phenoxy) is 2. The first-order valence-corrected chi connectivity index (χ1v) is 7.54. The van der Waals surface area contributed by atoms with Gasteiger partial charge >= 0.3 is 0 Å². The third-order valence-corrected chi connectivity index (χ3v) is 4.48. The molecule has 2 aliphatic rings. The van der Waals surface area contributed by atoms with Crippen molar-refractivity contribution >= 4 is 5.78 Å². The molecule has 0 spiro atoms. The molecule has 1 unspecified atom stereocenters. The molecule has 1 atom stereocenters. The van der Waals surface area contributed by atoms with Gasteiger partial charge in [-0.15, -0.1) is 0 Å². The van der Waals surface area contributed by atoms with Crippen LogP contribution in [-0.4, -0.2) is 24.8 Å². The zero-order chi connectivity index (χ0) is 13.9. The fourth-order valence-corrected chi connectivity index (χ4v) is 3.23. The first-order chi connectivity index (χ1) is 9.06. The number of carbonyl (C=O) groups is 1. The summed E-state index contributed by atoms with van der Waals surface area (Å²) in [5.74, 6) is -0.0246. The van der Waals surface area contributed by atoms with Gasteiger partial charge in [0.05, 0.1) is 13.2 Å². The smallest absolute Gasteiger partial charge is 0.180 e. The third-order valence-electron chi connectivity index (χ3n) is 4.48. The van der Waals surface area contributed by atoms with Gasteiger partial charge in [-0.05, 0) is 32.3 Å². The molecule has 1 saturated heterocycles. The molecule has 2 rings (SSSR count). The summed E-state index contributed by atoms with van der Waals surface area (Å²) in [6, 6.07) is 0. The van der Waals surface area contributed by atoms with Crippen molar-refractivity contribution in [1.82, 2.24) is 0 Å². The summed E-state index contributed by atoms with van der Waals surface area (Å²) in [5.41, 5.74) is -0.0671. The molecule has 0 bridgehead atoms. The highest BCUT2D eigenvalue weighted by Crippen LogP contribution is 2.61. The molecule has 2 fully saturated rings. The van der Waals surface area contributed by atoms with Gasteiger partial charge in [0.2, 0.25) is 0 Å². The minimum Gasteiger partial charge on any atom is -0.346 e. The maximum absolute atomic E-state index is 11.2. The lowest BCUT2D eigenvalue weighted by atomic mass is 9.81. The third kappa shape index (κ3) is 2.77. The van der Waals surface area contributed by atoms with E-state index >= 15 is 0 Å². The molecule has 1 aliphatic heterocycles. The van der Waals surface area contributed by atoms with Gasteiger partial charge in [0.25, 0.3) is 0 Å². The van der Waals surface area contributed by atoms with Crippen LogP contribution in [-0.2, 0) is 14.3 Å². The predicted octanol–water partition coefficient (Wildman–Crippen LogP) is 3.48. The Bertz CT molecular complexity index is 349. The highest BCUT2D eigenvalue weighted by Gasteiger charge is 2.63. The van der Waals surface area contributed by atoms with Crippen LogP contribution in [0.15, 0.2) is 12.2 Å². The predicted molar refractivity (Wildman–Crippen MR) is 74.8 cm³/mol. The number of hydrogen-bond acceptors (Lipinski definition) is 3. The van der Waals surface area contributed by atoms with Crippen molar-refractivity contribution in [3.05, 3.63) is 12.2 Å². The second-order valence-electron chi connectivity index (χ2n) is 6.01. The Morgan fingerprint density at radius 1 is 1.32 bits per heavy atom. The monoisotopic (exact) mass is 266 g/mol. The second-order valence-corrected chi connectivity index (χ2v) is 6.01. The largest absolute Gasteiger partial charge is 0.346 e. The maximum atomic E-state index is 11.2. The van der Waals surface area contributed by atoms with Gasteiger partial charge in [-0.1, -0.05) is 32.8 Å². The van der Waals surface area contributed by atoms with E-state index < -0.39 is 5.79 Å². The topological polar surface area (TPSA) is 35.5 Å². The number of hydrogen-bond donors (Lipinski definition) is 0. The number of ketones is 1. The van der Waals surface area contributed by atoms with Crippen molar-refractivity contribution in [3.8, 4) is 0 Å². The summed E-state index contributed by atoms with van der Waals surface area (Å²) in [5, 5.41) is 0. The summed E-state index contributed by atoms with van der Waals surface area (Å²) in [7, 11) is 0. The molecule has 0 aromatic heterocycles. The lowest BCUT2D eigenvalue weighted by molar-refractivity contribution is -0.228. The Kier molecular flexibility index (Phi) is 4.46. The van der Waals surface area contributed by atoms with Crippen LogP contribution in [0.2, 0.25) is 0 Å². The van der Waals surface area contributed by atoms with Crippen LogP contribution in [0.4, 0.5) is 0 Å². The van der Waals surface area contributed by atoms with Crippen molar-refractivity contribution in [2.45, 2.75) is 58.7 Å². The van der Waals surface area contributed by atoms with E-state index in [0.29, 0.717) is 19.1 Å². The van der Waals surface area contributed by atoms with E-state index in [9.17, 15) is 4.79 Å². The van der Waals surface area contributed by atoms with Gasteiger partial charge in [-0.25, -0.2) is 0 Å². The van der Waals surface area contributed by atoms with Crippen LogP contribution >= 0.6 is 0 Å². The first kappa shape index (κ1) is 14.7. The van der Waals surface area contributed by atoms with E-state index in [1.807, 2.05) is 6.08 Å². The van der Waals surface area contributed by atoms with E-state index in [2.05, 4.69) is 13.8 Å². The number of allylic oxidation sites excluding steroid dienone is 1. The van der Waals surface area contributed by atoms with Crippen molar-refractivity contribution in [2.75, 3.05) is 13.2 Å². The standard InChI is InChI=1S/C16H26O3/c1-4-5-6-13(2)16(18-11-12-19-16)15(9-10-15)8-7-14(3)17/h7-8,13H,4-6,9-12H2,1-3H3. The fourth-order valence-electron chi connectivity index (χ4n) is 3.23. The Labute approximate surface area is 116 Å². The van der Waals surface area contributed by atoms with Crippen molar-refractivity contribution in [3.63, 3.8) is 0 Å². The Hall–Kier alpha value is -0.670. The van der Waals surface area contributed by atoms with Crippen LogP contribution in [0.25, 0.3) is 0 Å². The van der Waals surface area contributed by atoms with Gasteiger partial charge in [-0.2, -0.15) is 0 Å². The zero-order valence-electron chi connectivity index (χ0n) is 12.4. The van der Waals surface area contributed by atoms with Gasteiger partial charge in [0, 0.05) is 11.3 Å². The summed E-state index contributed by atoms with van der Waals surface area (Å²) in [6.45, 7) is 7.37. The van der Waals surface area contributed by atoms with Crippen LogP contribution in [0.5, 0.6) is 0 Å². The normalized spacial score (nSPS) is 25.6. The molecule has 0 aromatic carbocycles. The lowest BCUT2D eigenvalue weighted by Gasteiger charge is -2.39. The second kappa shape index (κ2) is 5.76. The molecular formula is C16H26O3. The molecule has 0 N–H and O–H groups in total. The minimum atomic E-state index is -0.492. The first-order valence-electron chi connectivity index (χ1n) is 7.54. The maximum Gasteiger partial charge on any atom is 0.180 e. The molecule has 1 saturated carbocycles. The molecule has 19 heavy (non-hydrogen) atoms. The molecular weight excluding hydrogens is 240 g/mol. The molecule has 3 heteroatoms. The van der Waals surface area contributed by atoms with Crippen molar-refractivity contribution in [1.29, 1.82) is 0 Å². The van der Waals surface area contributed by atoms with Crippen LogP contribution in [0, 0.1) is 11.3 Å². The van der Waals surface area contributed by atoms with E-state index in [1.54, 1.807) is 13.0 Å². The minimum absolute atomic E-state index is 0.0671. The number of carbonyl (C=O) groups excluding carboxylic acids is 1. The van der Waals surface area contributed by atoms with E-state index in [1.165, 1.54) is 12.8 Å². The average Bonchev–Trinajstić information content (AvgIpc) is 3.02. The van der Waals surface area contributed by atoms with Crippen LogP contribution in [0.1, 0.15) is 52.9 Å². The zero-order valence-corrected chi connectivity index (χ0v) is 12.4. The SMILES string of the molecule is CCCCC(C)C1(C2(C=CC(C)=O)CC2)OCCO1. The van der Waals surface area contributed by atoms with Gasteiger partial charge in [0.1, 0.15) is 0 Å². The van der Waals surface area contributed by atoms with Crippen LogP contribution < -0.4 is 0 Å². The van der Waals surface area contributed by atoms with Crippen LogP contribution in [0.3, 0.4) is 0 Å².